The number of Topliss-reactive ketones (excluding diaryl/α,β-unsaturated/α-hetero) is 6. The van der Waals surface area contributed by atoms with E-state index in [9.17, 15) is 47.9 Å². The summed E-state index contributed by atoms with van der Waals surface area (Å²) in [6.45, 7) is 18.0. The van der Waals surface area contributed by atoms with Crippen LogP contribution in [0.3, 0.4) is 0 Å². The number of aromatic carboxylic acids is 1. The molecule has 0 bridgehead atoms. The van der Waals surface area contributed by atoms with Gasteiger partial charge < -0.3 is 39.9 Å². The van der Waals surface area contributed by atoms with Crippen molar-refractivity contribution >= 4 is 104 Å². The summed E-state index contributed by atoms with van der Waals surface area (Å²) >= 11 is 5.82. The lowest BCUT2D eigenvalue weighted by molar-refractivity contribution is -0.133. The third-order valence-corrected chi connectivity index (χ3v) is 17.4. The number of carbonyl (C=O) groups is 10. The van der Waals surface area contributed by atoms with Crippen LogP contribution < -0.4 is 20.1 Å². The van der Waals surface area contributed by atoms with Crippen LogP contribution in [0.2, 0.25) is 0 Å². The standard InChI is InChI=1S/C36H45N3O7.C27H35ClN2O5.C9H11NO2.ClH/c1-20(2)14-25(17-31(41)29-18-26-27(38-29)11-9-13-33(26)45-6)35(43)39-28(16-24-10-7-8-12-30(24)40)32(42)19-46-36(44)34-21(3)15-22(4)37-23(34)5;1-16(2)11-18(13-24(32)22-14-19-20(29-22)8-6-10-26(19)35-3)27(34)30-21(25(33)15-28)12-17-7-4-5-9-23(17)31;1-5-4-6(2)10-7(3)8(5)9(11)12;/h9,11,13,15,18,20,24-25,28,38H,7-8,10,12,14,16-17,19H2,1-6H3,(H,39,43);6,8,10,14,16-18,21,29H,4-5,7,9,11-13,15H2,1-3H3,(H,30,34);4H,1-3H3,(H,11,12);1H/t24-,25+,28-;17-,18+,21-;;/m00../s1. The van der Waals surface area contributed by atoms with Crippen LogP contribution in [0.25, 0.3) is 21.8 Å². The van der Waals surface area contributed by atoms with Crippen molar-refractivity contribution in [3.63, 3.8) is 0 Å². The lowest BCUT2D eigenvalue weighted by Gasteiger charge is -2.27. The third kappa shape index (κ3) is 21.2. The van der Waals surface area contributed by atoms with E-state index in [1.54, 1.807) is 66.2 Å². The fourth-order valence-corrected chi connectivity index (χ4v) is 12.8. The number of halogens is 2. The normalized spacial score (nSPS) is 15.9. The Morgan fingerprint density at radius 1 is 0.606 bits per heavy atom. The van der Waals surface area contributed by atoms with E-state index in [0.717, 1.165) is 70.9 Å². The molecule has 2 fully saturated rings. The molecule has 94 heavy (non-hydrogen) atoms. The predicted molar refractivity (Wildman–Crippen MR) is 363 cm³/mol. The minimum absolute atomic E-state index is 0. The van der Waals surface area contributed by atoms with Crippen LogP contribution in [0.5, 0.6) is 11.5 Å². The van der Waals surface area contributed by atoms with Crippen molar-refractivity contribution in [2.24, 2.45) is 35.5 Å². The Balaban J connectivity index is 0.000000293. The number of alkyl halides is 1. The number of aromatic amines is 2. The number of carboxylic acids is 1. The van der Waals surface area contributed by atoms with Gasteiger partial charge in [-0.3, -0.25) is 48.3 Å². The predicted octanol–water partition coefficient (Wildman–Crippen LogP) is 12.8. The first-order valence-electron chi connectivity index (χ1n) is 32.1. The van der Waals surface area contributed by atoms with Gasteiger partial charge in [0.25, 0.3) is 0 Å². The van der Waals surface area contributed by atoms with Crippen LogP contribution in [0.15, 0.2) is 60.7 Å². The molecular weight excluding hydrogens is 1240 g/mol. The van der Waals surface area contributed by atoms with E-state index in [1.807, 2.05) is 77.9 Å². The Labute approximate surface area is 561 Å². The number of methoxy groups -OCH3 is 2. The number of carboxylic acid groups (broad SMARTS) is 1. The molecule has 508 valence electrons. The van der Waals surface area contributed by atoms with Crippen molar-refractivity contribution in [3.8, 4) is 11.5 Å². The fraction of sp³-hybridized carbons (Fsp3) is 0.500. The molecule has 0 unspecified atom stereocenters. The summed E-state index contributed by atoms with van der Waals surface area (Å²) in [5.41, 5.74) is 7.09. The van der Waals surface area contributed by atoms with Crippen molar-refractivity contribution in [2.45, 2.75) is 171 Å². The van der Waals surface area contributed by atoms with Crippen molar-refractivity contribution < 1.29 is 67.3 Å². The van der Waals surface area contributed by atoms with Gasteiger partial charge in [-0.1, -0.05) is 52.7 Å². The third-order valence-electron chi connectivity index (χ3n) is 17.2. The molecule has 8 rings (SSSR count). The molecule has 0 saturated heterocycles. The van der Waals surface area contributed by atoms with Crippen molar-refractivity contribution in [1.29, 1.82) is 0 Å². The Morgan fingerprint density at radius 3 is 1.39 bits per heavy atom. The van der Waals surface area contributed by atoms with Gasteiger partial charge in [-0.05, 0) is 164 Å². The molecule has 2 aliphatic rings. The number of aryl methyl sites for hydroxylation is 6. The minimum Gasteiger partial charge on any atom is -0.496 e. The van der Waals surface area contributed by atoms with E-state index >= 15 is 0 Å². The number of pyridine rings is 2. The molecule has 2 aromatic carbocycles. The zero-order chi connectivity index (χ0) is 68.4. The number of carbonyl (C=O) groups excluding carboxylic acids is 9. The molecule has 2 saturated carbocycles. The monoisotopic (exact) mass is 1330 g/mol. The topological polar surface area (TPSA) is 300 Å². The van der Waals surface area contributed by atoms with Crippen molar-refractivity contribution in [1.82, 2.24) is 30.6 Å². The first-order valence-corrected chi connectivity index (χ1v) is 32.6. The second-order valence-electron chi connectivity index (χ2n) is 25.6. The number of aromatic nitrogens is 4. The lowest BCUT2D eigenvalue weighted by Crippen LogP contribution is -2.47. The number of nitrogens with one attached hydrogen (secondary N) is 4. The van der Waals surface area contributed by atoms with Crippen molar-refractivity contribution in [2.75, 3.05) is 26.7 Å². The van der Waals surface area contributed by atoms with Crippen LogP contribution in [-0.4, -0.2) is 122 Å². The lowest BCUT2D eigenvalue weighted by atomic mass is 9.82. The molecule has 20 nitrogen and oxygen atoms in total. The average Bonchev–Trinajstić information content (AvgIpc) is 1.64. The van der Waals surface area contributed by atoms with Gasteiger partial charge in [0.1, 0.15) is 23.1 Å². The highest BCUT2D eigenvalue weighted by Gasteiger charge is 2.35. The van der Waals surface area contributed by atoms with Crippen LogP contribution in [-0.2, 0) is 33.5 Å². The molecule has 22 heteroatoms. The van der Waals surface area contributed by atoms with Crippen LogP contribution in [0.4, 0.5) is 0 Å². The molecule has 0 spiro atoms. The number of benzene rings is 2. The van der Waals surface area contributed by atoms with E-state index in [4.69, 9.17) is 30.9 Å². The van der Waals surface area contributed by atoms with Gasteiger partial charge in [-0.2, -0.15) is 0 Å². The van der Waals surface area contributed by atoms with Gasteiger partial charge in [0.15, 0.2) is 29.7 Å². The Hall–Kier alpha value is -8.10. The van der Waals surface area contributed by atoms with Gasteiger partial charge in [-0.25, -0.2) is 9.59 Å². The maximum Gasteiger partial charge on any atom is 0.340 e. The zero-order valence-electron chi connectivity index (χ0n) is 56.1. The van der Waals surface area contributed by atoms with Crippen LogP contribution >= 0.6 is 24.0 Å². The molecule has 0 radical (unpaired) electrons. The highest BCUT2D eigenvalue weighted by atomic mass is 35.5. The number of ketones is 6. The highest BCUT2D eigenvalue weighted by Crippen LogP contribution is 2.32. The van der Waals surface area contributed by atoms with E-state index in [2.05, 4.69) is 30.6 Å². The number of hydrogen-bond acceptors (Lipinski definition) is 15. The van der Waals surface area contributed by atoms with Gasteiger partial charge in [0.2, 0.25) is 11.8 Å². The molecular formula is C72H92Cl2N6O14. The summed E-state index contributed by atoms with van der Waals surface area (Å²) in [4.78, 5) is 143. The molecule has 4 heterocycles. The second kappa shape index (κ2) is 36.0. The quantitative estimate of drug-likeness (QED) is 0.0182. The minimum atomic E-state index is -1.05. The van der Waals surface area contributed by atoms with Crippen molar-refractivity contribution in [3.05, 3.63) is 117 Å². The summed E-state index contributed by atoms with van der Waals surface area (Å²) in [6, 6.07) is 16.2. The molecule has 6 aromatic rings. The Kier molecular flexibility index (Phi) is 29.3. The van der Waals surface area contributed by atoms with E-state index in [1.165, 1.54) is 0 Å². The number of rotatable bonds is 27. The summed E-state index contributed by atoms with van der Waals surface area (Å²) in [5.74, 6) is -4.05. The maximum atomic E-state index is 13.8. The number of fused-ring (bicyclic) bond motifs is 2. The Morgan fingerprint density at radius 2 is 1.02 bits per heavy atom. The smallest absolute Gasteiger partial charge is 0.340 e. The van der Waals surface area contributed by atoms with Gasteiger partial charge in [0.05, 0.1) is 66.1 Å². The van der Waals surface area contributed by atoms with E-state index in [-0.39, 0.29) is 102 Å². The SMILES string of the molecule is COc1cccc2[nH]c(C(=O)C[C@@H](CC(C)C)C(=O)N[C@@H](C[C@@H]3CCCCC3=O)C(=O)CCl)cc12.COc1cccc2[nH]c(C(=O)C[C@@H](CC(C)C)C(=O)N[C@@H](C[C@@H]3CCCCC3=O)C(=O)COC(=O)c3c(C)cc(C)nc3C)cc12.Cc1cc(C)c(C(=O)O)c(C)n1.Cl. The summed E-state index contributed by atoms with van der Waals surface area (Å²) < 4.78 is 16.2. The fourth-order valence-electron chi connectivity index (χ4n) is 12.7. The van der Waals surface area contributed by atoms with Crippen LogP contribution in [0.1, 0.15) is 193 Å². The van der Waals surface area contributed by atoms with E-state index < -0.39 is 54.2 Å². The largest absolute Gasteiger partial charge is 0.496 e. The van der Waals surface area contributed by atoms with Gasteiger partial charge in [0, 0.05) is 82.5 Å². The molecule has 4 aromatic heterocycles. The Bertz CT molecular complexity index is 3670. The molecule has 2 amide bonds. The first kappa shape index (κ1) is 76.6. The first-order chi connectivity index (χ1) is 44.1. The maximum absolute atomic E-state index is 13.8. The summed E-state index contributed by atoms with van der Waals surface area (Å²) in [6.07, 6.45) is 6.99. The van der Waals surface area contributed by atoms with Crippen LogP contribution in [0, 0.1) is 77.0 Å². The molecule has 2 aliphatic carbocycles. The molecule has 5 N–H and O–H groups in total. The number of ether oxygens (including phenoxy) is 3. The molecule has 6 atom stereocenters. The van der Waals surface area contributed by atoms with Gasteiger partial charge in [-0.15, -0.1) is 24.0 Å². The number of nitrogens with zero attached hydrogens (tertiary/aromatic N) is 2. The number of esters is 1. The summed E-state index contributed by atoms with van der Waals surface area (Å²) in [5, 5.41) is 16.1. The number of amides is 2. The number of hydrogen-bond donors (Lipinski definition) is 5. The second-order valence-corrected chi connectivity index (χ2v) is 25.8. The average molecular weight is 1340 g/mol. The van der Waals surface area contributed by atoms with Gasteiger partial charge >= 0.3 is 11.9 Å². The van der Waals surface area contributed by atoms with E-state index in [0.29, 0.717) is 83.1 Å². The highest BCUT2D eigenvalue weighted by molar-refractivity contribution is 6.28. The molecule has 0 aliphatic heterocycles. The zero-order valence-corrected chi connectivity index (χ0v) is 57.7. The number of H-pyrrole nitrogens is 2. The summed E-state index contributed by atoms with van der Waals surface area (Å²) in [7, 11) is 3.14.